The van der Waals surface area contributed by atoms with E-state index in [1.807, 2.05) is 0 Å². The summed E-state index contributed by atoms with van der Waals surface area (Å²) in [5, 5.41) is 12.0. The minimum absolute atomic E-state index is 0.0762. The molecule has 2 aromatic heterocycles. The fraction of sp³-hybridized carbons (Fsp3) is 0.545. The summed E-state index contributed by atoms with van der Waals surface area (Å²) in [5.74, 6) is 1.35. The van der Waals surface area contributed by atoms with Crippen LogP contribution in [-0.4, -0.2) is 31.3 Å². The lowest BCUT2D eigenvalue weighted by Crippen LogP contribution is -2.10. The third-order valence-corrected chi connectivity index (χ3v) is 3.59. The highest BCUT2D eigenvalue weighted by Gasteiger charge is 2.16. The normalized spacial score (nSPS) is 15.1. The number of aromatic amines is 1. The van der Waals surface area contributed by atoms with Gasteiger partial charge in [0.05, 0.1) is 12.3 Å². The number of aliphatic hydroxyl groups excluding tert-OH is 1. The highest BCUT2D eigenvalue weighted by atomic mass is 32.1. The topological polar surface area (TPSA) is 66.2 Å². The first-order chi connectivity index (χ1) is 8.29. The molecule has 2 aromatic rings. The van der Waals surface area contributed by atoms with E-state index < -0.39 is 0 Å². The number of hydrogen-bond acceptors (Lipinski definition) is 4. The zero-order valence-electron chi connectivity index (χ0n) is 9.44. The molecule has 3 rings (SSSR count). The molecule has 0 aliphatic heterocycles. The average molecular weight is 250 g/mol. The van der Waals surface area contributed by atoms with Crippen LogP contribution in [0.25, 0.3) is 5.78 Å². The lowest BCUT2D eigenvalue weighted by Gasteiger charge is -2.14. The highest BCUT2D eigenvalue weighted by molar-refractivity contribution is 7.71. The Morgan fingerprint density at radius 3 is 2.94 bits per heavy atom. The Balaban J connectivity index is 2.22. The number of aryl methyl sites for hydroxylation is 1. The summed E-state index contributed by atoms with van der Waals surface area (Å²) in [6.45, 7) is 0.0762. The van der Waals surface area contributed by atoms with Crippen molar-refractivity contribution in [2.75, 3.05) is 6.61 Å². The van der Waals surface area contributed by atoms with Gasteiger partial charge < -0.3 is 5.11 Å². The molecule has 0 radical (unpaired) electrons. The second kappa shape index (κ2) is 4.19. The number of aromatic nitrogens is 4. The summed E-state index contributed by atoms with van der Waals surface area (Å²) in [7, 11) is 0. The molecule has 1 aliphatic rings. The van der Waals surface area contributed by atoms with Gasteiger partial charge in [0.25, 0.3) is 5.78 Å². The molecule has 0 amide bonds. The molecule has 0 aromatic carbocycles. The molecule has 0 fully saturated rings. The third kappa shape index (κ3) is 1.77. The second-order valence-electron chi connectivity index (χ2n) is 4.33. The summed E-state index contributed by atoms with van der Waals surface area (Å²) in [4.78, 5) is 8.89. The van der Waals surface area contributed by atoms with Gasteiger partial charge >= 0.3 is 0 Å². The third-order valence-electron chi connectivity index (χ3n) is 3.16. The monoisotopic (exact) mass is 250 g/mol. The van der Waals surface area contributed by atoms with Gasteiger partial charge in [0, 0.05) is 12.0 Å². The van der Waals surface area contributed by atoms with Crippen molar-refractivity contribution in [2.45, 2.75) is 32.1 Å². The molecular formula is C11H14N4OS. The van der Waals surface area contributed by atoms with Gasteiger partial charge in [-0.3, -0.25) is 5.10 Å². The van der Waals surface area contributed by atoms with Gasteiger partial charge in [0.1, 0.15) is 10.5 Å². The predicted octanol–water partition coefficient (Wildman–Crippen LogP) is 1.20. The van der Waals surface area contributed by atoms with Crippen molar-refractivity contribution < 1.29 is 5.11 Å². The molecule has 0 bridgehead atoms. The van der Waals surface area contributed by atoms with Crippen molar-refractivity contribution >= 4 is 18.0 Å². The van der Waals surface area contributed by atoms with Gasteiger partial charge in [0.15, 0.2) is 0 Å². The first-order valence-electron chi connectivity index (χ1n) is 5.90. The quantitative estimate of drug-likeness (QED) is 0.786. The molecule has 0 atom stereocenters. The van der Waals surface area contributed by atoms with Gasteiger partial charge in [-0.1, -0.05) is 12.2 Å². The van der Waals surface area contributed by atoms with Gasteiger partial charge in [0.2, 0.25) is 0 Å². The molecule has 90 valence electrons. The molecule has 6 heteroatoms. The van der Waals surface area contributed by atoms with E-state index in [2.05, 4.69) is 15.1 Å². The molecule has 5 nitrogen and oxygen atoms in total. The Labute approximate surface area is 104 Å². The Hall–Kier alpha value is -1.27. The van der Waals surface area contributed by atoms with Crippen LogP contribution in [0.4, 0.5) is 0 Å². The number of rotatable bonds is 2. The van der Waals surface area contributed by atoms with E-state index in [4.69, 9.17) is 17.3 Å². The zero-order valence-corrected chi connectivity index (χ0v) is 10.3. The molecular weight excluding hydrogens is 236 g/mol. The van der Waals surface area contributed by atoms with E-state index in [1.165, 1.54) is 18.4 Å². The fourth-order valence-corrected chi connectivity index (χ4v) is 2.66. The van der Waals surface area contributed by atoms with Crippen molar-refractivity contribution in [3.8, 4) is 0 Å². The molecule has 0 spiro atoms. The molecule has 2 N–H and O–H groups in total. The summed E-state index contributed by atoms with van der Waals surface area (Å²) in [5.41, 5.74) is 2.28. The van der Waals surface area contributed by atoms with Crippen LogP contribution in [0, 0.1) is 4.64 Å². The van der Waals surface area contributed by atoms with Crippen LogP contribution >= 0.6 is 12.2 Å². The smallest absolute Gasteiger partial charge is 0.252 e. The van der Waals surface area contributed by atoms with Crippen LogP contribution in [0.5, 0.6) is 0 Å². The van der Waals surface area contributed by atoms with Gasteiger partial charge in [-0.15, -0.1) is 0 Å². The maximum atomic E-state index is 8.91. The number of nitrogens with one attached hydrogen (secondary N) is 1. The van der Waals surface area contributed by atoms with Gasteiger partial charge in [-0.25, -0.2) is 9.50 Å². The first kappa shape index (κ1) is 10.9. The van der Waals surface area contributed by atoms with Gasteiger partial charge in [-0.05, 0) is 25.7 Å². The summed E-state index contributed by atoms with van der Waals surface area (Å²) in [6, 6.07) is 0. The minimum atomic E-state index is 0.0762. The number of aliphatic hydroxyl groups is 1. The number of fused-ring (bicyclic) bond motifs is 2. The van der Waals surface area contributed by atoms with Crippen molar-refractivity contribution in [1.29, 1.82) is 0 Å². The average Bonchev–Trinajstić information content (AvgIpc) is 2.73. The number of H-pyrrole nitrogens is 1. The Morgan fingerprint density at radius 2 is 2.12 bits per heavy atom. The van der Waals surface area contributed by atoms with Crippen molar-refractivity contribution in [2.24, 2.45) is 0 Å². The van der Waals surface area contributed by atoms with E-state index in [9.17, 15) is 0 Å². The van der Waals surface area contributed by atoms with Crippen LogP contribution in [0.3, 0.4) is 0 Å². The van der Waals surface area contributed by atoms with E-state index in [-0.39, 0.29) is 6.61 Å². The SMILES string of the molecule is OCCc1nc2nc3c(c(=S)n2[nH]1)CCCC3. The van der Waals surface area contributed by atoms with Gasteiger partial charge in [-0.2, -0.15) is 4.98 Å². The Kier molecular flexibility index (Phi) is 2.68. The lowest BCUT2D eigenvalue weighted by molar-refractivity contribution is 0.296. The Bertz CT molecular complexity index is 616. The van der Waals surface area contributed by atoms with E-state index >= 15 is 0 Å². The summed E-state index contributed by atoms with van der Waals surface area (Å²) < 4.78 is 2.55. The minimum Gasteiger partial charge on any atom is -0.396 e. The zero-order chi connectivity index (χ0) is 11.8. The molecule has 2 heterocycles. The Morgan fingerprint density at radius 1 is 1.29 bits per heavy atom. The van der Waals surface area contributed by atoms with Crippen molar-refractivity contribution in [1.82, 2.24) is 19.6 Å². The molecule has 0 unspecified atom stereocenters. The molecule has 0 saturated carbocycles. The summed E-state index contributed by atoms with van der Waals surface area (Å²) in [6.07, 6.45) is 4.87. The van der Waals surface area contributed by atoms with Crippen LogP contribution in [0.2, 0.25) is 0 Å². The van der Waals surface area contributed by atoms with Crippen LogP contribution < -0.4 is 0 Å². The number of hydrogen-bond donors (Lipinski definition) is 2. The molecule has 0 saturated heterocycles. The summed E-state index contributed by atoms with van der Waals surface area (Å²) >= 11 is 5.47. The fourth-order valence-electron chi connectivity index (χ4n) is 2.31. The second-order valence-corrected chi connectivity index (χ2v) is 4.72. The lowest BCUT2D eigenvalue weighted by atomic mass is 9.98. The van der Waals surface area contributed by atoms with Crippen LogP contribution in [0.15, 0.2) is 0 Å². The van der Waals surface area contributed by atoms with Crippen LogP contribution in [0.1, 0.15) is 29.9 Å². The van der Waals surface area contributed by atoms with Crippen LogP contribution in [-0.2, 0) is 19.3 Å². The standard InChI is InChI=1S/C11H14N4OS/c16-6-5-9-13-11-12-8-4-2-1-3-7(8)10(17)15(11)14-9/h16H,1-6H2,(H,12,13,14). The molecule has 1 aliphatic carbocycles. The van der Waals surface area contributed by atoms with Crippen molar-refractivity contribution in [3.05, 3.63) is 21.7 Å². The van der Waals surface area contributed by atoms with E-state index in [1.54, 1.807) is 4.52 Å². The highest BCUT2D eigenvalue weighted by Crippen LogP contribution is 2.21. The molecule has 17 heavy (non-hydrogen) atoms. The maximum Gasteiger partial charge on any atom is 0.252 e. The largest absolute Gasteiger partial charge is 0.396 e. The van der Waals surface area contributed by atoms with Crippen molar-refractivity contribution in [3.63, 3.8) is 0 Å². The van der Waals surface area contributed by atoms with E-state index in [0.29, 0.717) is 12.2 Å². The predicted molar refractivity (Wildman–Crippen MR) is 65.6 cm³/mol. The van der Waals surface area contributed by atoms with E-state index in [0.717, 1.165) is 29.0 Å². The number of nitrogens with zero attached hydrogens (tertiary/aromatic N) is 3. The first-order valence-corrected chi connectivity index (χ1v) is 6.30. The maximum absolute atomic E-state index is 8.91.